The first-order valence-electron chi connectivity index (χ1n) is 5.26. The molecule has 2 rings (SSSR count). The molecule has 0 unspecified atom stereocenters. The molecule has 0 aliphatic heterocycles. The van der Waals surface area contributed by atoms with Crippen molar-refractivity contribution in [3.05, 3.63) is 63.1 Å². The van der Waals surface area contributed by atoms with Gasteiger partial charge in [-0.25, -0.2) is 0 Å². The van der Waals surface area contributed by atoms with E-state index in [1.165, 1.54) is 0 Å². The molecule has 0 aliphatic rings. The Bertz CT molecular complexity index is 590. The highest BCUT2D eigenvalue weighted by molar-refractivity contribution is 9.10. The van der Waals surface area contributed by atoms with Gasteiger partial charge >= 0.3 is 0 Å². The molecule has 0 N–H and O–H groups in total. The second-order valence-corrected chi connectivity index (χ2v) is 4.96. The minimum Gasteiger partial charge on any atom is -0.489 e. The molecule has 0 saturated heterocycles. The lowest BCUT2D eigenvalue weighted by Gasteiger charge is -2.07. The van der Waals surface area contributed by atoms with Gasteiger partial charge in [-0.1, -0.05) is 23.7 Å². The van der Waals surface area contributed by atoms with Crippen molar-refractivity contribution in [1.82, 2.24) is 0 Å². The molecule has 0 bridgehead atoms. The van der Waals surface area contributed by atoms with E-state index in [1.54, 1.807) is 18.2 Å². The summed E-state index contributed by atoms with van der Waals surface area (Å²) in [6, 6.07) is 14.9. The summed E-state index contributed by atoms with van der Waals surface area (Å²) in [4.78, 5) is 0. The second kappa shape index (κ2) is 5.90. The van der Waals surface area contributed by atoms with Crippen molar-refractivity contribution in [2.75, 3.05) is 0 Å². The largest absolute Gasteiger partial charge is 0.489 e. The predicted molar refractivity (Wildman–Crippen MR) is 74.6 cm³/mol. The molecule has 0 atom stereocenters. The molecule has 0 amide bonds. The number of benzene rings is 2. The lowest BCUT2D eigenvalue weighted by Crippen LogP contribution is -1.95. The lowest BCUT2D eigenvalue weighted by molar-refractivity contribution is 0.306. The Kier molecular flexibility index (Phi) is 4.24. The van der Waals surface area contributed by atoms with E-state index in [9.17, 15) is 0 Å². The normalized spacial score (nSPS) is 9.83. The molecule has 0 heterocycles. The molecule has 90 valence electrons. The third-order valence-electron chi connectivity index (χ3n) is 2.38. The Hall–Kier alpha value is -1.50. The quantitative estimate of drug-likeness (QED) is 0.830. The fourth-order valence-corrected chi connectivity index (χ4v) is 2.00. The number of nitrogens with zero attached hydrogens (tertiary/aromatic N) is 1. The van der Waals surface area contributed by atoms with Crippen LogP contribution in [0.25, 0.3) is 0 Å². The summed E-state index contributed by atoms with van der Waals surface area (Å²) >= 11 is 9.13. The molecule has 0 saturated carbocycles. The van der Waals surface area contributed by atoms with Crippen molar-refractivity contribution in [3.63, 3.8) is 0 Å². The average Bonchev–Trinajstić information content (AvgIpc) is 2.38. The third-order valence-corrected chi connectivity index (χ3v) is 3.29. The van der Waals surface area contributed by atoms with E-state index in [4.69, 9.17) is 21.6 Å². The van der Waals surface area contributed by atoms with Crippen molar-refractivity contribution in [2.24, 2.45) is 0 Å². The number of hydrogen-bond donors (Lipinski definition) is 0. The van der Waals surface area contributed by atoms with Crippen molar-refractivity contribution in [1.29, 1.82) is 5.26 Å². The van der Waals surface area contributed by atoms with E-state index < -0.39 is 0 Å². The van der Waals surface area contributed by atoms with Crippen LogP contribution in [-0.4, -0.2) is 0 Å². The average molecular weight is 323 g/mol. The Morgan fingerprint density at radius 3 is 2.50 bits per heavy atom. The van der Waals surface area contributed by atoms with Crippen LogP contribution in [0.5, 0.6) is 5.75 Å². The minimum atomic E-state index is 0.468. The summed E-state index contributed by atoms with van der Waals surface area (Å²) in [5.74, 6) is 0.718. The van der Waals surface area contributed by atoms with Crippen LogP contribution < -0.4 is 4.74 Å². The molecule has 0 spiro atoms. The summed E-state index contributed by atoms with van der Waals surface area (Å²) < 4.78 is 6.36. The minimum absolute atomic E-state index is 0.468. The first-order chi connectivity index (χ1) is 8.69. The molecule has 0 aliphatic carbocycles. The summed E-state index contributed by atoms with van der Waals surface area (Å²) in [6.45, 7) is 0.468. The van der Waals surface area contributed by atoms with E-state index in [2.05, 4.69) is 22.0 Å². The molecule has 4 heteroatoms. The number of ether oxygens (including phenoxy) is 1. The molecule has 0 fully saturated rings. The van der Waals surface area contributed by atoms with Gasteiger partial charge in [-0.15, -0.1) is 0 Å². The van der Waals surface area contributed by atoms with Gasteiger partial charge in [0.05, 0.1) is 5.56 Å². The van der Waals surface area contributed by atoms with Gasteiger partial charge in [0, 0.05) is 9.50 Å². The highest BCUT2D eigenvalue weighted by Gasteiger charge is 2.02. The number of nitriles is 1. The van der Waals surface area contributed by atoms with E-state index in [-0.39, 0.29) is 0 Å². The molecular weight excluding hydrogens is 314 g/mol. The van der Waals surface area contributed by atoms with Crippen molar-refractivity contribution >= 4 is 27.5 Å². The van der Waals surface area contributed by atoms with Crippen LogP contribution in [0.3, 0.4) is 0 Å². The van der Waals surface area contributed by atoms with E-state index in [0.29, 0.717) is 17.2 Å². The zero-order chi connectivity index (χ0) is 13.0. The van der Waals surface area contributed by atoms with Crippen LogP contribution in [0.1, 0.15) is 11.1 Å². The van der Waals surface area contributed by atoms with Gasteiger partial charge in [-0.2, -0.15) is 5.26 Å². The van der Waals surface area contributed by atoms with Crippen LogP contribution in [0.15, 0.2) is 46.9 Å². The molecule has 2 aromatic rings. The zero-order valence-corrected chi connectivity index (χ0v) is 11.7. The zero-order valence-electron chi connectivity index (χ0n) is 9.36. The van der Waals surface area contributed by atoms with Crippen LogP contribution in [-0.2, 0) is 6.61 Å². The Labute approximate surface area is 119 Å². The molecule has 2 aromatic carbocycles. The van der Waals surface area contributed by atoms with Gasteiger partial charge < -0.3 is 4.74 Å². The third kappa shape index (κ3) is 3.25. The number of halogens is 2. The highest BCUT2D eigenvalue weighted by atomic mass is 79.9. The Balaban J connectivity index is 2.04. The molecule has 0 radical (unpaired) electrons. The fraction of sp³-hybridized carbons (Fsp3) is 0.0714. The summed E-state index contributed by atoms with van der Waals surface area (Å²) in [6.07, 6.45) is 0. The first-order valence-corrected chi connectivity index (χ1v) is 6.43. The van der Waals surface area contributed by atoms with Crippen molar-refractivity contribution < 1.29 is 4.74 Å². The fourth-order valence-electron chi connectivity index (χ4n) is 1.42. The van der Waals surface area contributed by atoms with E-state index in [1.807, 2.05) is 24.3 Å². The van der Waals surface area contributed by atoms with Crippen LogP contribution in [0.4, 0.5) is 0 Å². The van der Waals surface area contributed by atoms with Gasteiger partial charge in [0.2, 0.25) is 0 Å². The van der Waals surface area contributed by atoms with Crippen LogP contribution in [0, 0.1) is 11.3 Å². The highest BCUT2D eigenvalue weighted by Crippen LogP contribution is 2.23. The van der Waals surface area contributed by atoms with Gasteiger partial charge in [0.1, 0.15) is 18.4 Å². The number of hydrogen-bond acceptors (Lipinski definition) is 2. The smallest absolute Gasteiger partial charge is 0.121 e. The van der Waals surface area contributed by atoms with Crippen LogP contribution >= 0.6 is 27.5 Å². The lowest BCUT2D eigenvalue weighted by atomic mass is 10.2. The maximum absolute atomic E-state index is 8.81. The molecule has 18 heavy (non-hydrogen) atoms. The predicted octanol–water partition coefficient (Wildman–Crippen LogP) is 4.55. The first kappa shape index (κ1) is 12.9. The summed E-state index contributed by atoms with van der Waals surface area (Å²) in [5.41, 5.74) is 1.63. The maximum Gasteiger partial charge on any atom is 0.121 e. The molecule has 2 nitrogen and oxygen atoms in total. The molecule has 0 aromatic heterocycles. The summed E-state index contributed by atoms with van der Waals surface area (Å²) in [5, 5.41) is 9.52. The van der Waals surface area contributed by atoms with Gasteiger partial charge in [-0.3, -0.25) is 0 Å². The van der Waals surface area contributed by atoms with Gasteiger partial charge in [0.15, 0.2) is 0 Å². The van der Waals surface area contributed by atoms with Crippen molar-refractivity contribution in [3.8, 4) is 11.8 Å². The van der Waals surface area contributed by atoms with Crippen LogP contribution in [0.2, 0.25) is 5.02 Å². The number of rotatable bonds is 3. The van der Waals surface area contributed by atoms with E-state index >= 15 is 0 Å². The molecular formula is C14H9BrClNO. The topological polar surface area (TPSA) is 33.0 Å². The SMILES string of the molecule is N#Cc1ccc(OCc2ccc(Cl)cc2)cc1Br. The van der Waals surface area contributed by atoms with Gasteiger partial charge in [0.25, 0.3) is 0 Å². The summed E-state index contributed by atoms with van der Waals surface area (Å²) in [7, 11) is 0. The second-order valence-electron chi connectivity index (χ2n) is 3.67. The Morgan fingerprint density at radius 2 is 1.89 bits per heavy atom. The monoisotopic (exact) mass is 321 g/mol. The standard InChI is InChI=1S/C14H9BrClNO/c15-14-7-13(6-3-11(14)8-17)18-9-10-1-4-12(16)5-2-10/h1-7H,9H2. The van der Waals surface area contributed by atoms with E-state index in [0.717, 1.165) is 15.8 Å². The Morgan fingerprint density at radius 1 is 1.17 bits per heavy atom. The van der Waals surface area contributed by atoms with Crippen molar-refractivity contribution in [2.45, 2.75) is 6.61 Å². The van der Waals surface area contributed by atoms with Gasteiger partial charge in [-0.05, 0) is 51.8 Å². The maximum atomic E-state index is 8.81.